The van der Waals surface area contributed by atoms with Gasteiger partial charge < -0.3 is 10.1 Å². The molecule has 0 saturated heterocycles. The number of aromatic nitrogens is 1. The minimum absolute atomic E-state index is 0.361. The molecule has 2 rings (SSSR count). The molecule has 0 bridgehead atoms. The summed E-state index contributed by atoms with van der Waals surface area (Å²) in [5, 5.41) is 4.04. The van der Waals surface area contributed by atoms with E-state index in [0.29, 0.717) is 17.0 Å². The van der Waals surface area contributed by atoms with Gasteiger partial charge in [0.1, 0.15) is 6.10 Å². The SMILES string of the molecule is CCCNCc1cc(OC2CCC2)ncc1Cl. The number of halogens is 1. The minimum Gasteiger partial charge on any atom is -0.474 e. The van der Waals surface area contributed by atoms with Crippen LogP contribution >= 0.6 is 11.6 Å². The molecule has 1 N–H and O–H groups in total. The van der Waals surface area contributed by atoms with Crippen LogP contribution in [-0.4, -0.2) is 17.6 Å². The van der Waals surface area contributed by atoms with Gasteiger partial charge >= 0.3 is 0 Å². The molecule has 1 aliphatic carbocycles. The van der Waals surface area contributed by atoms with Gasteiger partial charge in [-0.25, -0.2) is 4.98 Å². The Hall–Kier alpha value is -0.800. The van der Waals surface area contributed by atoms with E-state index in [2.05, 4.69) is 17.2 Å². The molecule has 0 unspecified atom stereocenters. The Kier molecular flexibility index (Phi) is 4.63. The van der Waals surface area contributed by atoms with E-state index in [4.69, 9.17) is 16.3 Å². The van der Waals surface area contributed by atoms with Crippen LogP contribution in [0.5, 0.6) is 5.88 Å². The first-order valence-corrected chi connectivity index (χ1v) is 6.69. The van der Waals surface area contributed by atoms with Crippen LogP contribution in [0.25, 0.3) is 0 Å². The van der Waals surface area contributed by atoms with Crippen molar-refractivity contribution in [2.45, 2.75) is 45.3 Å². The molecule has 1 aliphatic rings. The summed E-state index contributed by atoms with van der Waals surface area (Å²) in [5.74, 6) is 0.701. The Labute approximate surface area is 108 Å². The first-order valence-electron chi connectivity index (χ1n) is 6.31. The molecule has 4 heteroatoms. The average Bonchev–Trinajstić information content (AvgIpc) is 2.27. The first kappa shape index (κ1) is 12.7. The summed E-state index contributed by atoms with van der Waals surface area (Å²) in [6.45, 7) is 3.92. The molecule has 1 saturated carbocycles. The normalized spacial score (nSPS) is 15.6. The first-order chi connectivity index (χ1) is 8.29. The minimum atomic E-state index is 0.361. The standard InChI is InChI=1S/C13H19ClN2O/c1-2-6-15-8-10-7-13(16-9-12(10)14)17-11-4-3-5-11/h7,9,11,15H,2-6,8H2,1H3. The average molecular weight is 255 g/mol. The summed E-state index contributed by atoms with van der Waals surface area (Å²) in [6.07, 6.45) is 6.72. The van der Waals surface area contributed by atoms with E-state index in [1.165, 1.54) is 6.42 Å². The van der Waals surface area contributed by atoms with Crippen LogP contribution in [0.15, 0.2) is 12.3 Å². The summed E-state index contributed by atoms with van der Waals surface area (Å²) >= 11 is 6.10. The van der Waals surface area contributed by atoms with Gasteiger partial charge in [0.25, 0.3) is 0 Å². The molecule has 3 nitrogen and oxygen atoms in total. The van der Waals surface area contributed by atoms with Crippen molar-refractivity contribution < 1.29 is 4.74 Å². The Morgan fingerprint density at radius 1 is 1.53 bits per heavy atom. The van der Waals surface area contributed by atoms with Gasteiger partial charge in [0.15, 0.2) is 0 Å². The lowest BCUT2D eigenvalue weighted by Gasteiger charge is -2.25. The van der Waals surface area contributed by atoms with Crippen LogP contribution in [0.3, 0.4) is 0 Å². The second-order valence-corrected chi connectivity index (χ2v) is 4.87. The van der Waals surface area contributed by atoms with Gasteiger partial charge in [-0.1, -0.05) is 18.5 Å². The van der Waals surface area contributed by atoms with Gasteiger partial charge in [0.2, 0.25) is 5.88 Å². The monoisotopic (exact) mass is 254 g/mol. The highest BCUT2D eigenvalue weighted by Gasteiger charge is 2.19. The lowest BCUT2D eigenvalue weighted by Crippen LogP contribution is -2.25. The number of hydrogen-bond acceptors (Lipinski definition) is 3. The molecule has 17 heavy (non-hydrogen) atoms. The summed E-state index contributed by atoms with van der Waals surface area (Å²) in [4.78, 5) is 4.21. The smallest absolute Gasteiger partial charge is 0.213 e. The molecule has 0 aromatic carbocycles. The predicted molar refractivity (Wildman–Crippen MR) is 69.5 cm³/mol. The molecule has 0 atom stereocenters. The maximum Gasteiger partial charge on any atom is 0.213 e. The van der Waals surface area contributed by atoms with Crippen LogP contribution < -0.4 is 10.1 Å². The van der Waals surface area contributed by atoms with Crippen molar-refractivity contribution in [3.8, 4) is 5.88 Å². The van der Waals surface area contributed by atoms with Gasteiger partial charge in [-0.15, -0.1) is 0 Å². The van der Waals surface area contributed by atoms with Crippen LogP contribution in [0, 0.1) is 0 Å². The lowest BCUT2D eigenvalue weighted by molar-refractivity contribution is 0.114. The Morgan fingerprint density at radius 3 is 3.00 bits per heavy atom. The van der Waals surface area contributed by atoms with Crippen molar-refractivity contribution in [1.29, 1.82) is 0 Å². The molecule has 0 amide bonds. The van der Waals surface area contributed by atoms with Crippen LogP contribution in [0.4, 0.5) is 0 Å². The van der Waals surface area contributed by atoms with Crippen LogP contribution in [0.2, 0.25) is 5.02 Å². The van der Waals surface area contributed by atoms with E-state index < -0.39 is 0 Å². The fourth-order valence-corrected chi connectivity index (χ4v) is 1.89. The summed E-state index contributed by atoms with van der Waals surface area (Å²) < 4.78 is 5.75. The molecular formula is C13H19ClN2O. The highest BCUT2D eigenvalue weighted by molar-refractivity contribution is 6.31. The van der Waals surface area contributed by atoms with E-state index in [1.54, 1.807) is 6.20 Å². The third-order valence-corrected chi connectivity index (χ3v) is 3.33. The zero-order chi connectivity index (χ0) is 12.1. The Morgan fingerprint density at radius 2 is 2.35 bits per heavy atom. The van der Waals surface area contributed by atoms with Crippen molar-refractivity contribution in [3.63, 3.8) is 0 Å². The topological polar surface area (TPSA) is 34.1 Å². The number of hydrogen-bond donors (Lipinski definition) is 1. The predicted octanol–water partition coefficient (Wildman–Crippen LogP) is 3.17. The molecule has 94 valence electrons. The maximum absolute atomic E-state index is 6.10. The molecule has 0 radical (unpaired) electrons. The van der Waals surface area contributed by atoms with Crippen LogP contribution in [0.1, 0.15) is 38.2 Å². The third-order valence-electron chi connectivity index (χ3n) is 2.99. The third kappa shape index (κ3) is 3.58. The number of rotatable bonds is 6. The number of nitrogens with one attached hydrogen (secondary N) is 1. The lowest BCUT2D eigenvalue weighted by atomic mass is 9.96. The van der Waals surface area contributed by atoms with E-state index in [1.807, 2.05) is 6.07 Å². The highest BCUT2D eigenvalue weighted by atomic mass is 35.5. The number of ether oxygens (including phenoxy) is 1. The fraction of sp³-hybridized carbons (Fsp3) is 0.615. The van der Waals surface area contributed by atoms with Gasteiger partial charge in [0.05, 0.1) is 5.02 Å². The molecule has 0 spiro atoms. The van der Waals surface area contributed by atoms with Crippen molar-refractivity contribution in [2.24, 2.45) is 0 Å². The Balaban J connectivity index is 1.95. The van der Waals surface area contributed by atoms with E-state index in [0.717, 1.165) is 37.9 Å². The number of pyridine rings is 1. The zero-order valence-electron chi connectivity index (χ0n) is 10.2. The molecule has 1 aromatic rings. The number of nitrogens with zero attached hydrogens (tertiary/aromatic N) is 1. The second kappa shape index (κ2) is 6.22. The second-order valence-electron chi connectivity index (χ2n) is 4.46. The van der Waals surface area contributed by atoms with Gasteiger partial charge in [-0.3, -0.25) is 0 Å². The highest BCUT2D eigenvalue weighted by Crippen LogP contribution is 2.26. The van der Waals surface area contributed by atoms with E-state index in [-0.39, 0.29) is 0 Å². The molecule has 1 heterocycles. The molecular weight excluding hydrogens is 236 g/mol. The van der Waals surface area contributed by atoms with Crippen molar-refractivity contribution >= 4 is 11.6 Å². The van der Waals surface area contributed by atoms with Gasteiger partial charge in [-0.05, 0) is 37.8 Å². The summed E-state index contributed by atoms with van der Waals surface area (Å²) in [5.41, 5.74) is 1.06. The zero-order valence-corrected chi connectivity index (χ0v) is 11.0. The largest absolute Gasteiger partial charge is 0.474 e. The van der Waals surface area contributed by atoms with Gasteiger partial charge in [-0.2, -0.15) is 0 Å². The quantitative estimate of drug-likeness (QED) is 0.792. The maximum atomic E-state index is 6.10. The van der Waals surface area contributed by atoms with E-state index >= 15 is 0 Å². The Bertz CT molecular complexity index is 366. The van der Waals surface area contributed by atoms with E-state index in [9.17, 15) is 0 Å². The summed E-state index contributed by atoms with van der Waals surface area (Å²) in [6, 6.07) is 1.95. The van der Waals surface area contributed by atoms with Crippen molar-refractivity contribution in [3.05, 3.63) is 22.8 Å². The fourth-order valence-electron chi connectivity index (χ4n) is 1.72. The summed E-state index contributed by atoms with van der Waals surface area (Å²) in [7, 11) is 0. The van der Waals surface area contributed by atoms with Crippen molar-refractivity contribution in [2.75, 3.05) is 6.54 Å². The van der Waals surface area contributed by atoms with Gasteiger partial charge in [0, 0.05) is 18.8 Å². The molecule has 1 aromatic heterocycles. The van der Waals surface area contributed by atoms with Crippen LogP contribution in [-0.2, 0) is 6.54 Å². The molecule has 0 aliphatic heterocycles. The molecule has 1 fully saturated rings. The van der Waals surface area contributed by atoms with Crippen molar-refractivity contribution in [1.82, 2.24) is 10.3 Å².